The Labute approximate surface area is 165 Å². The van der Waals surface area contributed by atoms with Gasteiger partial charge in [0.1, 0.15) is 11.6 Å². The van der Waals surface area contributed by atoms with Crippen LogP contribution >= 0.6 is 22.6 Å². The number of ketones is 1. The van der Waals surface area contributed by atoms with Crippen molar-refractivity contribution in [3.05, 3.63) is 44.9 Å². The molecule has 0 aliphatic heterocycles. The highest BCUT2D eigenvalue weighted by molar-refractivity contribution is 14.1. The Kier molecular flexibility index (Phi) is 7.21. The van der Waals surface area contributed by atoms with Crippen LogP contribution < -0.4 is 5.32 Å². The minimum Gasteiger partial charge on any atom is -0.394 e. The average molecular weight is 497 g/mol. The summed E-state index contributed by atoms with van der Waals surface area (Å²) >= 11 is 1.91. The van der Waals surface area contributed by atoms with Gasteiger partial charge < -0.3 is 15.4 Å². The SMILES string of the molecule is CN(OCCO)C(=O)c1cc(C(=O)C(F)F)[nH]c1Nc1ccc(I)cc1F. The monoisotopic (exact) mass is 497 g/mol. The number of halogens is 4. The molecule has 11 heteroatoms. The summed E-state index contributed by atoms with van der Waals surface area (Å²) in [4.78, 5) is 31.4. The number of alkyl halides is 2. The molecule has 0 fully saturated rings. The molecule has 1 aromatic carbocycles. The van der Waals surface area contributed by atoms with Crippen LogP contribution in [0.25, 0.3) is 0 Å². The van der Waals surface area contributed by atoms with E-state index in [0.717, 1.165) is 11.1 Å². The number of nitrogens with zero attached hydrogens (tertiary/aromatic N) is 1. The first-order valence-electron chi connectivity index (χ1n) is 7.54. The second-order valence-electron chi connectivity index (χ2n) is 5.25. The second-order valence-corrected chi connectivity index (χ2v) is 6.49. The summed E-state index contributed by atoms with van der Waals surface area (Å²) < 4.78 is 40.1. The normalized spacial score (nSPS) is 10.9. The Hall–Kier alpha value is -2.12. The molecule has 2 aromatic rings. The minimum absolute atomic E-state index is 0.0266. The fourth-order valence-electron chi connectivity index (χ4n) is 2.10. The number of aromatic amines is 1. The van der Waals surface area contributed by atoms with E-state index in [1.807, 2.05) is 22.6 Å². The number of carbonyl (C=O) groups is 2. The number of H-pyrrole nitrogens is 1. The molecule has 146 valence electrons. The Bertz CT molecular complexity index is 844. The largest absolute Gasteiger partial charge is 0.394 e. The Morgan fingerprint density at radius 2 is 2.07 bits per heavy atom. The van der Waals surface area contributed by atoms with E-state index in [9.17, 15) is 22.8 Å². The highest BCUT2D eigenvalue weighted by Gasteiger charge is 2.26. The fraction of sp³-hybridized carbons (Fsp3) is 0.250. The molecule has 0 spiro atoms. The number of hydroxylamine groups is 2. The zero-order chi connectivity index (χ0) is 20.1. The fourth-order valence-corrected chi connectivity index (χ4v) is 2.56. The molecular formula is C16H15F3IN3O4. The van der Waals surface area contributed by atoms with Gasteiger partial charge in [0, 0.05) is 10.6 Å². The lowest BCUT2D eigenvalue weighted by molar-refractivity contribution is -0.114. The van der Waals surface area contributed by atoms with Crippen molar-refractivity contribution in [1.82, 2.24) is 10.0 Å². The van der Waals surface area contributed by atoms with Crippen LogP contribution in [0.15, 0.2) is 24.3 Å². The van der Waals surface area contributed by atoms with Crippen molar-refractivity contribution in [1.29, 1.82) is 0 Å². The van der Waals surface area contributed by atoms with Crippen LogP contribution in [0.1, 0.15) is 20.8 Å². The van der Waals surface area contributed by atoms with Gasteiger partial charge in [0.2, 0.25) is 5.78 Å². The lowest BCUT2D eigenvalue weighted by atomic mass is 10.2. The molecule has 3 N–H and O–H groups in total. The van der Waals surface area contributed by atoms with Crippen molar-refractivity contribution >= 4 is 45.8 Å². The van der Waals surface area contributed by atoms with Gasteiger partial charge in [-0.3, -0.25) is 14.4 Å². The number of amides is 1. The summed E-state index contributed by atoms with van der Waals surface area (Å²) in [6, 6.07) is 5.16. The summed E-state index contributed by atoms with van der Waals surface area (Å²) in [6.07, 6.45) is -3.28. The molecule has 0 saturated heterocycles. The lowest BCUT2D eigenvalue weighted by Gasteiger charge is -2.16. The van der Waals surface area contributed by atoms with E-state index in [-0.39, 0.29) is 30.3 Å². The van der Waals surface area contributed by atoms with Gasteiger partial charge in [0.15, 0.2) is 0 Å². The van der Waals surface area contributed by atoms with Crippen molar-refractivity contribution < 1.29 is 32.7 Å². The molecule has 7 nitrogen and oxygen atoms in total. The second kappa shape index (κ2) is 9.19. The molecule has 1 amide bonds. The van der Waals surface area contributed by atoms with E-state index < -0.39 is 29.6 Å². The highest BCUT2D eigenvalue weighted by atomic mass is 127. The number of carbonyl (C=O) groups excluding carboxylic acids is 2. The van der Waals surface area contributed by atoms with Crippen molar-refractivity contribution in [3.8, 4) is 0 Å². The minimum atomic E-state index is -3.28. The van der Waals surface area contributed by atoms with E-state index in [0.29, 0.717) is 3.57 Å². The number of hydrogen-bond acceptors (Lipinski definition) is 5. The van der Waals surface area contributed by atoms with Crippen LogP contribution in [0.5, 0.6) is 0 Å². The molecule has 1 aromatic heterocycles. The third kappa shape index (κ3) is 5.20. The molecule has 2 rings (SSSR count). The van der Waals surface area contributed by atoms with Crippen LogP contribution in [-0.4, -0.2) is 53.5 Å². The molecule has 1 heterocycles. The molecule has 0 unspecified atom stereocenters. The summed E-state index contributed by atoms with van der Waals surface area (Å²) in [5.74, 6) is -3.09. The van der Waals surface area contributed by atoms with Crippen LogP contribution in [0.3, 0.4) is 0 Å². The van der Waals surface area contributed by atoms with E-state index in [2.05, 4.69) is 10.3 Å². The first-order valence-corrected chi connectivity index (χ1v) is 8.61. The molecule has 0 atom stereocenters. The van der Waals surface area contributed by atoms with E-state index in [1.165, 1.54) is 19.2 Å². The smallest absolute Gasteiger partial charge is 0.302 e. The highest BCUT2D eigenvalue weighted by Crippen LogP contribution is 2.26. The van der Waals surface area contributed by atoms with Crippen LogP contribution in [0, 0.1) is 9.39 Å². The van der Waals surface area contributed by atoms with Crippen molar-refractivity contribution in [2.45, 2.75) is 6.43 Å². The van der Waals surface area contributed by atoms with E-state index in [4.69, 9.17) is 9.94 Å². The zero-order valence-electron chi connectivity index (χ0n) is 13.9. The zero-order valence-corrected chi connectivity index (χ0v) is 16.1. The maximum atomic E-state index is 14.1. The van der Waals surface area contributed by atoms with Crippen LogP contribution in [0.4, 0.5) is 24.7 Å². The number of aliphatic hydroxyl groups excluding tert-OH is 1. The van der Waals surface area contributed by atoms with Gasteiger partial charge in [0.25, 0.3) is 5.91 Å². The Balaban J connectivity index is 2.41. The maximum Gasteiger partial charge on any atom is 0.302 e. The summed E-state index contributed by atoms with van der Waals surface area (Å²) in [5.41, 5.74) is -0.754. The van der Waals surface area contributed by atoms with Gasteiger partial charge in [-0.1, -0.05) is 0 Å². The number of anilines is 2. The standard InChI is InChI=1S/C16H15F3IN3O4/c1-23(27-5-4-24)16(26)9-7-12(13(25)14(18)19)22-15(9)21-11-3-2-8(20)6-10(11)17/h2-3,6-7,14,21-22,24H,4-5H2,1H3. The molecule has 0 radical (unpaired) electrons. The quantitative estimate of drug-likeness (QED) is 0.296. The van der Waals surface area contributed by atoms with Crippen LogP contribution in [0.2, 0.25) is 0 Å². The van der Waals surface area contributed by atoms with Gasteiger partial charge in [-0.05, 0) is 46.9 Å². The number of nitrogens with one attached hydrogen (secondary N) is 2. The molecular weight excluding hydrogens is 482 g/mol. The third-order valence-corrected chi connectivity index (χ3v) is 4.04. The third-order valence-electron chi connectivity index (χ3n) is 3.36. The first kappa shape index (κ1) is 21.2. The molecule has 0 aliphatic rings. The van der Waals surface area contributed by atoms with E-state index in [1.54, 1.807) is 6.07 Å². The predicted octanol–water partition coefficient (Wildman–Crippen LogP) is 2.95. The van der Waals surface area contributed by atoms with Gasteiger partial charge in [-0.15, -0.1) is 0 Å². The topological polar surface area (TPSA) is 94.7 Å². The Morgan fingerprint density at radius 1 is 1.37 bits per heavy atom. The number of aliphatic hydroxyl groups is 1. The molecule has 0 aliphatic carbocycles. The van der Waals surface area contributed by atoms with Crippen molar-refractivity contribution in [3.63, 3.8) is 0 Å². The average Bonchev–Trinajstić information content (AvgIpc) is 3.04. The number of rotatable bonds is 8. The summed E-state index contributed by atoms with van der Waals surface area (Å²) in [6.45, 7) is -0.525. The Morgan fingerprint density at radius 3 is 2.67 bits per heavy atom. The summed E-state index contributed by atoms with van der Waals surface area (Å²) in [7, 11) is 1.24. The van der Waals surface area contributed by atoms with Crippen molar-refractivity contribution in [2.24, 2.45) is 0 Å². The van der Waals surface area contributed by atoms with Gasteiger partial charge >= 0.3 is 6.43 Å². The van der Waals surface area contributed by atoms with Crippen LogP contribution in [-0.2, 0) is 4.84 Å². The van der Waals surface area contributed by atoms with Gasteiger partial charge in [-0.25, -0.2) is 18.2 Å². The number of aromatic nitrogens is 1. The first-order chi connectivity index (χ1) is 12.7. The lowest BCUT2D eigenvalue weighted by Crippen LogP contribution is -2.28. The predicted molar refractivity (Wildman–Crippen MR) is 98.7 cm³/mol. The molecule has 27 heavy (non-hydrogen) atoms. The number of hydrogen-bond donors (Lipinski definition) is 3. The van der Waals surface area contributed by atoms with Gasteiger partial charge in [0.05, 0.1) is 30.2 Å². The number of Topliss-reactive ketones (excluding diaryl/α,β-unsaturated/α-hetero) is 1. The van der Waals surface area contributed by atoms with Gasteiger partial charge in [-0.2, -0.15) is 0 Å². The summed E-state index contributed by atoms with van der Waals surface area (Å²) in [5, 5.41) is 12.1. The van der Waals surface area contributed by atoms with Crippen molar-refractivity contribution in [2.75, 3.05) is 25.6 Å². The molecule has 0 bridgehead atoms. The maximum absolute atomic E-state index is 14.1. The van der Waals surface area contributed by atoms with E-state index >= 15 is 0 Å². The number of benzene rings is 1. The molecule has 0 saturated carbocycles.